The van der Waals surface area contributed by atoms with E-state index in [0.717, 1.165) is 34.3 Å². The van der Waals surface area contributed by atoms with Crippen LogP contribution in [0.3, 0.4) is 0 Å². The predicted molar refractivity (Wildman–Crippen MR) is 75.9 cm³/mol. The van der Waals surface area contributed by atoms with E-state index in [0.29, 0.717) is 0 Å². The van der Waals surface area contributed by atoms with Crippen molar-refractivity contribution in [3.05, 3.63) is 30.5 Å². The number of nitrogens with one attached hydrogen (secondary N) is 1. The van der Waals surface area contributed by atoms with Gasteiger partial charge in [0.2, 0.25) is 0 Å². The standard InChI is InChI=1S/C14H17N3S/c1-2-6-13-12(5-1)16-9-14(17-13)18-10-11-4-3-7-15-8-11/h1-2,5-6,9,11,15H,3-4,7-8,10H2/t11-/m0/s1. The maximum atomic E-state index is 4.64. The van der Waals surface area contributed by atoms with Gasteiger partial charge in [-0.25, -0.2) is 4.98 Å². The number of thioether (sulfide) groups is 1. The van der Waals surface area contributed by atoms with Crippen molar-refractivity contribution in [3.8, 4) is 0 Å². The second-order valence-corrected chi connectivity index (χ2v) is 5.76. The van der Waals surface area contributed by atoms with E-state index in [1.807, 2.05) is 42.2 Å². The highest BCUT2D eigenvalue weighted by Crippen LogP contribution is 2.23. The van der Waals surface area contributed by atoms with Gasteiger partial charge < -0.3 is 5.32 Å². The first-order valence-electron chi connectivity index (χ1n) is 6.47. The molecule has 0 bridgehead atoms. The molecule has 1 aromatic carbocycles. The van der Waals surface area contributed by atoms with Gasteiger partial charge in [0.15, 0.2) is 0 Å². The Hall–Kier alpha value is -1.13. The molecule has 0 unspecified atom stereocenters. The minimum Gasteiger partial charge on any atom is -0.316 e. The Bertz CT molecular complexity index is 523. The summed E-state index contributed by atoms with van der Waals surface area (Å²) in [7, 11) is 0. The van der Waals surface area contributed by atoms with Crippen LogP contribution in [0.1, 0.15) is 12.8 Å². The van der Waals surface area contributed by atoms with Gasteiger partial charge >= 0.3 is 0 Å². The molecule has 0 spiro atoms. The number of para-hydroxylation sites is 2. The molecule has 1 atom stereocenters. The van der Waals surface area contributed by atoms with Crippen LogP contribution in [-0.2, 0) is 0 Å². The Kier molecular flexibility index (Phi) is 3.76. The Morgan fingerprint density at radius 2 is 2.17 bits per heavy atom. The zero-order valence-electron chi connectivity index (χ0n) is 10.3. The second kappa shape index (κ2) is 5.67. The fourth-order valence-electron chi connectivity index (χ4n) is 2.28. The third-order valence-electron chi connectivity index (χ3n) is 3.29. The Morgan fingerprint density at radius 3 is 3.00 bits per heavy atom. The zero-order valence-corrected chi connectivity index (χ0v) is 11.1. The van der Waals surface area contributed by atoms with Gasteiger partial charge in [-0.1, -0.05) is 12.1 Å². The van der Waals surface area contributed by atoms with Gasteiger partial charge in [-0.3, -0.25) is 4.98 Å². The van der Waals surface area contributed by atoms with Crippen molar-refractivity contribution in [1.29, 1.82) is 0 Å². The summed E-state index contributed by atoms with van der Waals surface area (Å²) in [5.74, 6) is 1.91. The molecule has 1 aliphatic rings. The average Bonchev–Trinajstić information content (AvgIpc) is 2.46. The lowest BCUT2D eigenvalue weighted by Crippen LogP contribution is -2.30. The molecule has 3 nitrogen and oxygen atoms in total. The number of fused-ring (bicyclic) bond motifs is 1. The summed E-state index contributed by atoms with van der Waals surface area (Å²) in [6.07, 6.45) is 4.53. The number of nitrogens with zero attached hydrogens (tertiary/aromatic N) is 2. The molecule has 1 saturated heterocycles. The third-order valence-corrected chi connectivity index (χ3v) is 4.42. The van der Waals surface area contributed by atoms with E-state index >= 15 is 0 Å². The van der Waals surface area contributed by atoms with E-state index in [4.69, 9.17) is 0 Å². The largest absolute Gasteiger partial charge is 0.316 e. The molecule has 0 amide bonds. The van der Waals surface area contributed by atoms with Gasteiger partial charge in [0, 0.05) is 5.75 Å². The van der Waals surface area contributed by atoms with Crippen molar-refractivity contribution in [1.82, 2.24) is 15.3 Å². The summed E-state index contributed by atoms with van der Waals surface area (Å²) in [4.78, 5) is 9.09. The summed E-state index contributed by atoms with van der Waals surface area (Å²) in [5, 5.41) is 4.49. The number of hydrogen-bond donors (Lipinski definition) is 1. The van der Waals surface area contributed by atoms with Gasteiger partial charge in [-0.05, 0) is 44.0 Å². The maximum absolute atomic E-state index is 4.64. The van der Waals surface area contributed by atoms with Crippen molar-refractivity contribution in [2.24, 2.45) is 5.92 Å². The van der Waals surface area contributed by atoms with Gasteiger partial charge in [0.1, 0.15) is 5.03 Å². The number of piperidine rings is 1. The first kappa shape index (κ1) is 11.9. The summed E-state index contributed by atoms with van der Waals surface area (Å²) in [6, 6.07) is 8.03. The normalized spacial score (nSPS) is 20.1. The fraction of sp³-hybridized carbons (Fsp3) is 0.429. The first-order valence-corrected chi connectivity index (χ1v) is 7.46. The Balaban J connectivity index is 1.66. The van der Waals surface area contributed by atoms with Crippen LogP contribution in [-0.4, -0.2) is 28.8 Å². The van der Waals surface area contributed by atoms with Crippen LogP contribution in [0.5, 0.6) is 0 Å². The zero-order chi connectivity index (χ0) is 12.2. The average molecular weight is 259 g/mol. The molecule has 2 heterocycles. The Morgan fingerprint density at radius 1 is 1.28 bits per heavy atom. The van der Waals surface area contributed by atoms with Crippen molar-refractivity contribution in [2.75, 3.05) is 18.8 Å². The molecule has 3 rings (SSSR count). The van der Waals surface area contributed by atoms with Crippen LogP contribution in [0.4, 0.5) is 0 Å². The quantitative estimate of drug-likeness (QED) is 0.860. The lowest BCUT2D eigenvalue weighted by Gasteiger charge is -2.21. The smallest absolute Gasteiger partial charge is 0.115 e. The molecule has 0 radical (unpaired) electrons. The SMILES string of the molecule is c1ccc2nc(SC[C@H]3CCCNC3)cnc2c1. The fourth-order valence-corrected chi connectivity index (χ4v) is 3.26. The first-order chi connectivity index (χ1) is 8.92. The summed E-state index contributed by atoms with van der Waals surface area (Å²) >= 11 is 1.83. The van der Waals surface area contributed by atoms with E-state index in [-0.39, 0.29) is 0 Å². The number of rotatable bonds is 3. The second-order valence-electron chi connectivity index (χ2n) is 4.72. The molecule has 0 aliphatic carbocycles. The highest BCUT2D eigenvalue weighted by Gasteiger charge is 2.13. The third kappa shape index (κ3) is 2.82. The minimum absolute atomic E-state index is 0.775. The molecule has 1 fully saturated rings. The summed E-state index contributed by atoms with van der Waals surface area (Å²) < 4.78 is 0. The number of aromatic nitrogens is 2. The van der Waals surface area contributed by atoms with Crippen molar-refractivity contribution in [2.45, 2.75) is 17.9 Å². The van der Waals surface area contributed by atoms with Crippen LogP contribution in [0, 0.1) is 5.92 Å². The van der Waals surface area contributed by atoms with Gasteiger partial charge in [0.25, 0.3) is 0 Å². The Labute approximate surface area is 111 Å². The van der Waals surface area contributed by atoms with Crippen LogP contribution >= 0.6 is 11.8 Å². The molecule has 18 heavy (non-hydrogen) atoms. The molecule has 4 heteroatoms. The van der Waals surface area contributed by atoms with Crippen molar-refractivity contribution in [3.63, 3.8) is 0 Å². The molecule has 1 N–H and O–H groups in total. The van der Waals surface area contributed by atoms with Crippen LogP contribution < -0.4 is 5.32 Å². The van der Waals surface area contributed by atoms with E-state index in [9.17, 15) is 0 Å². The van der Waals surface area contributed by atoms with Gasteiger partial charge in [-0.15, -0.1) is 11.8 Å². The molecule has 94 valence electrons. The highest BCUT2D eigenvalue weighted by atomic mass is 32.2. The molecular weight excluding hydrogens is 242 g/mol. The topological polar surface area (TPSA) is 37.8 Å². The molecular formula is C14H17N3S. The molecule has 1 aromatic heterocycles. The van der Waals surface area contributed by atoms with Gasteiger partial charge in [0.05, 0.1) is 17.2 Å². The maximum Gasteiger partial charge on any atom is 0.115 e. The van der Waals surface area contributed by atoms with E-state index in [1.165, 1.54) is 19.4 Å². The van der Waals surface area contributed by atoms with E-state index in [1.54, 1.807) is 0 Å². The molecule has 2 aromatic rings. The van der Waals surface area contributed by atoms with Crippen molar-refractivity contribution >= 4 is 22.8 Å². The van der Waals surface area contributed by atoms with Crippen LogP contribution in [0.2, 0.25) is 0 Å². The lowest BCUT2D eigenvalue weighted by atomic mass is 10.0. The summed E-state index contributed by atoms with van der Waals surface area (Å²) in [6.45, 7) is 2.32. The predicted octanol–water partition coefficient (Wildman–Crippen LogP) is 2.72. The monoisotopic (exact) mass is 259 g/mol. The number of benzene rings is 1. The van der Waals surface area contributed by atoms with Crippen LogP contribution in [0.15, 0.2) is 35.5 Å². The van der Waals surface area contributed by atoms with E-state index < -0.39 is 0 Å². The van der Waals surface area contributed by atoms with Gasteiger partial charge in [-0.2, -0.15) is 0 Å². The molecule has 0 saturated carbocycles. The number of hydrogen-bond acceptors (Lipinski definition) is 4. The minimum atomic E-state index is 0.775. The summed E-state index contributed by atoms with van der Waals surface area (Å²) in [5.41, 5.74) is 1.96. The molecule has 1 aliphatic heterocycles. The van der Waals surface area contributed by atoms with E-state index in [2.05, 4.69) is 15.3 Å². The lowest BCUT2D eigenvalue weighted by molar-refractivity contribution is 0.410. The van der Waals surface area contributed by atoms with Crippen molar-refractivity contribution < 1.29 is 0 Å². The van der Waals surface area contributed by atoms with Crippen LogP contribution in [0.25, 0.3) is 11.0 Å². The highest BCUT2D eigenvalue weighted by molar-refractivity contribution is 7.99.